The predicted molar refractivity (Wildman–Crippen MR) is 50.4 cm³/mol. The number of hydrogen-bond acceptors (Lipinski definition) is 6. The number of hydrogen-bond donors (Lipinski definition) is 1. The van der Waals surface area contributed by atoms with Crippen molar-refractivity contribution in [2.24, 2.45) is 25.7 Å². The van der Waals surface area contributed by atoms with Gasteiger partial charge in [-0.3, -0.25) is 4.99 Å². The molecular weight excluding hydrogens is 170 g/mol. The Morgan fingerprint density at radius 2 is 2.38 bits per heavy atom. The van der Waals surface area contributed by atoms with Crippen LogP contribution in [0.25, 0.3) is 0 Å². The second-order valence-corrected chi connectivity index (χ2v) is 2.51. The fourth-order valence-corrected chi connectivity index (χ4v) is 1.14. The minimum absolute atomic E-state index is 0.170. The average Bonchev–Trinajstić information content (AvgIpc) is 2.52. The van der Waals surface area contributed by atoms with Crippen LogP contribution in [0.2, 0.25) is 0 Å². The first-order valence-corrected chi connectivity index (χ1v) is 3.96. The monoisotopic (exact) mass is 179 g/mol. The molecule has 0 bridgehead atoms. The molecule has 6 nitrogen and oxygen atoms in total. The van der Waals surface area contributed by atoms with E-state index in [2.05, 4.69) is 20.0 Å². The number of nitrogens with zero attached hydrogens (tertiary/aromatic N) is 4. The summed E-state index contributed by atoms with van der Waals surface area (Å²) in [7, 11) is 0. The van der Waals surface area contributed by atoms with Gasteiger partial charge in [-0.15, -0.1) is 0 Å². The van der Waals surface area contributed by atoms with Gasteiger partial charge in [-0.25, -0.2) is 4.99 Å². The van der Waals surface area contributed by atoms with Crippen molar-refractivity contribution in [3.63, 3.8) is 0 Å². The van der Waals surface area contributed by atoms with Gasteiger partial charge < -0.3 is 10.5 Å². The summed E-state index contributed by atoms with van der Waals surface area (Å²) < 4.78 is 5.26. The van der Waals surface area contributed by atoms with Crippen LogP contribution in [-0.2, 0) is 4.74 Å². The molecule has 2 heterocycles. The first-order valence-electron chi connectivity index (χ1n) is 3.96. The molecule has 0 saturated carbocycles. The Morgan fingerprint density at radius 3 is 3.15 bits per heavy atom. The molecule has 0 fully saturated rings. The van der Waals surface area contributed by atoms with Crippen LogP contribution >= 0.6 is 0 Å². The quantitative estimate of drug-likeness (QED) is 0.591. The molecule has 0 spiro atoms. The SMILES string of the molecule is CCOC1=NC(N)=NC2=NC=NC21. The second-order valence-electron chi connectivity index (χ2n) is 2.51. The van der Waals surface area contributed by atoms with Crippen LogP contribution in [0.15, 0.2) is 20.0 Å². The van der Waals surface area contributed by atoms with E-state index in [1.165, 1.54) is 6.34 Å². The maximum Gasteiger partial charge on any atom is 0.224 e. The molecule has 0 aromatic rings. The zero-order chi connectivity index (χ0) is 9.26. The molecule has 0 aliphatic carbocycles. The topological polar surface area (TPSA) is 84.7 Å². The second kappa shape index (κ2) is 2.96. The number of ether oxygens (including phenoxy) is 1. The number of fused-ring (bicyclic) bond motifs is 1. The highest BCUT2D eigenvalue weighted by Crippen LogP contribution is 2.11. The third-order valence-corrected chi connectivity index (χ3v) is 1.63. The molecule has 2 aliphatic heterocycles. The van der Waals surface area contributed by atoms with Crippen LogP contribution in [0.5, 0.6) is 0 Å². The molecule has 68 valence electrons. The molecule has 2 aliphatic rings. The summed E-state index contributed by atoms with van der Waals surface area (Å²) in [5.74, 6) is 1.20. The fourth-order valence-electron chi connectivity index (χ4n) is 1.14. The van der Waals surface area contributed by atoms with Crippen LogP contribution in [0.3, 0.4) is 0 Å². The van der Waals surface area contributed by atoms with Gasteiger partial charge in [-0.05, 0) is 6.92 Å². The Balaban J connectivity index is 2.30. The molecule has 0 aromatic carbocycles. The molecule has 6 heteroatoms. The lowest BCUT2D eigenvalue weighted by Gasteiger charge is -2.15. The van der Waals surface area contributed by atoms with Crippen LogP contribution in [-0.4, -0.2) is 36.7 Å². The maximum atomic E-state index is 5.46. The van der Waals surface area contributed by atoms with Crippen molar-refractivity contribution in [3.05, 3.63) is 0 Å². The van der Waals surface area contributed by atoms with Crippen molar-refractivity contribution in [1.82, 2.24) is 0 Å². The summed E-state index contributed by atoms with van der Waals surface area (Å²) in [6.07, 6.45) is 1.44. The highest BCUT2D eigenvalue weighted by atomic mass is 16.5. The van der Waals surface area contributed by atoms with E-state index in [0.29, 0.717) is 18.3 Å². The molecule has 2 N–H and O–H groups in total. The van der Waals surface area contributed by atoms with E-state index in [9.17, 15) is 0 Å². The summed E-state index contributed by atoms with van der Waals surface area (Å²) in [4.78, 5) is 15.9. The highest BCUT2D eigenvalue weighted by Gasteiger charge is 2.29. The van der Waals surface area contributed by atoms with Crippen molar-refractivity contribution >= 4 is 24.0 Å². The molecule has 0 aromatic heterocycles. The Labute approximate surface area is 75.0 Å². The van der Waals surface area contributed by atoms with E-state index in [1.54, 1.807) is 0 Å². The summed E-state index contributed by atoms with van der Waals surface area (Å²) in [6, 6.07) is -0.285. The molecule has 13 heavy (non-hydrogen) atoms. The molecule has 1 unspecified atom stereocenters. The number of nitrogens with two attached hydrogens (primary N) is 1. The average molecular weight is 179 g/mol. The first-order chi connectivity index (χ1) is 6.31. The van der Waals surface area contributed by atoms with Crippen molar-refractivity contribution in [2.45, 2.75) is 13.0 Å². The normalized spacial score (nSPS) is 24.7. The van der Waals surface area contributed by atoms with Gasteiger partial charge >= 0.3 is 0 Å². The fraction of sp³-hybridized carbons (Fsp3) is 0.429. The van der Waals surface area contributed by atoms with Crippen LogP contribution < -0.4 is 5.73 Å². The van der Waals surface area contributed by atoms with Gasteiger partial charge in [-0.2, -0.15) is 9.98 Å². The number of amidine groups is 1. The highest BCUT2D eigenvalue weighted by molar-refractivity contribution is 6.20. The number of rotatable bonds is 1. The number of aliphatic imine (C=N–C) groups is 4. The predicted octanol–water partition coefficient (Wildman–Crippen LogP) is -0.441. The molecule has 2 rings (SSSR count). The smallest absolute Gasteiger partial charge is 0.224 e. The van der Waals surface area contributed by atoms with E-state index in [4.69, 9.17) is 10.5 Å². The Bertz CT molecular complexity index is 341. The van der Waals surface area contributed by atoms with E-state index in [0.717, 1.165) is 0 Å². The molecule has 0 amide bonds. The van der Waals surface area contributed by atoms with Gasteiger partial charge in [0.05, 0.1) is 6.61 Å². The maximum absolute atomic E-state index is 5.46. The molecule has 0 radical (unpaired) electrons. The van der Waals surface area contributed by atoms with Crippen LogP contribution in [0.1, 0.15) is 6.92 Å². The van der Waals surface area contributed by atoms with Crippen LogP contribution in [0.4, 0.5) is 0 Å². The lowest BCUT2D eigenvalue weighted by molar-refractivity contribution is 0.318. The van der Waals surface area contributed by atoms with Gasteiger partial charge in [0.2, 0.25) is 11.9 Å². The zero-order valence-electron chi connectivity index (χ0n) is 7.14. The Morgan fingerprint density at radius 1 is 1.54 bits per heavy atom. The molecule has 1 atom stereocenters. The Kier molecular flexibility index (Phi) is 1.80. The lowest BCUT2D eigenvalue weighted by atomic mass is 10.2. The summed E-state index contributed by atoms with van der Waals surface area (Å²) >= 11 is 0. The first kappa shape index (κ1) is 7.90. The van der Waals surface area contributed by atoms with Gasteiger partial charge in [0.25, 0.3) is 0 Å². The number of guanidine groups is 1. The minimum Gasteiger partial charge on any atom is -0.479 e. The van der Waals surface area contributed by atoms with Gasteiger partial charge in [0, 0.05) is 0 Å². The molecular formula is C7H9N5O. The Hall–Kier alpha value is -1.72. The van der Waals surface area contributed by atoms with Crippen molar-refractivity contribution < 1.29 is 4.74 Å². The van der Waals surface area contributed by atoms with E-state index < -0.39 is 0 Å². The van der Waals surface area contributed by atoms with Crippen molar-refractivity contribution in [3.8, 4) is 0 Å². The lowest BCUT2D eigenvalue weighted by Crippen LogP contribution is -2.34. The largest absolute Gasteiger partial charge is 0.479 e. The van der Waals surface area contributed by atoms with E-state index in [-0.39, 0.29) is 12.0 Å². The third-order valence-electron chi connectivity index (χ3n) is 1.63. The van der Waals surface area contributed by atoms with E-state index in [1.807, 2.05) is 6.92 Å². The van der Waals surface area contributed by atoms with Gasteiger partial charge in [-0.1, -0.05) is 0 Å². The van der Waals surface area contributed by atoms with Gasteiger partial charge in [0.1, 0.15) is 6.34 Å². The standard InChI is InChI=1S/C7H9N5O/c1-2-13-6-4-5(10-3-9-4)11-7(8)12-6/h3-4H,2H2,1H3,(H2,8,9,10,11). The third kappa shape index (κ3) is 1.30. The van der Waals surface area contributed by atoms with Gasteiger partial charge in [0.15, 0.2) is 11.9 Å². The van der Waals surface area contributed by atoms with Crippen molar-refractivity contribution in [1.29, 1.82) is 0 Å². The van der Waals surface area contributed by atoms with E-state index >= 15 is 0 Å². The zero-order valence-corrected chi connectivity index (χ0v) is 7.14. The molecule has 0 saturated heterocycles. The van der Waals surface area contributed by atoms with Crippen molar-refractivity contribution in [2.75, 3.05) is 6.61 Å². The minimum atomic E-state index is -0.285. The summed E-state index contributed by atoms with van der Waals surface area (Å²) in [5, 5.41) is 0. The van der Waals surface area contributed by atoms with Crippen LogP contribution in [0, 0.1) is 0 Å². The summed E-state index contributed by atoms with van der Waals surface area (Å²) in [5.41, 5.74) is 5.46. The summed E-state index contributed by atoms with van der Waals surface area (Å²) in [6.45, 7) is 2.41.